The first-order valence-corrected chi connectivity index (χ1v) is 10.6. The van der Waals surface area contributed by atoms with Crippen LogP contribution in [0.2, 0.25) is 0 Å². The van der Waals surface area contributed by atoms with E-state index in [4.69, 9.17) is 18.9 Å². The van der Waals surface area contributed by atoms with Gasteiger partial charge in [0.1, 0.15) is 36.9 Å². The Morgan fingerprint density at radius 1 is 1.00 bits per heavy atom. The van der Waals surface area contributed by atoms with Crippen molar-refractivity contribution in [1.29, 1.82) is 0 Å². The van der Waals surface area contributed by atoms with Crippen molar-refractivity contribution < 1.29 is 18.9 Å². The average Bonchev–Trinajstić information content (AvgIpc) is 3.64. The zero-order chi connectivity index (χ0) is 20.1. The molecule has 2 aliphatic heterocycles. The maximum absolute atomic E-state index is 5.81. The van der Waals surface area contributed by atoms with Crippen LogP contribution < -0.4 is 9.47 Å². The first kappa shape index (κ1) is 20.0. The maximum atomic E-state index is 5.81. The molecule has 0 bridgehead atoms. The minimum Gasteiger partial charge on any atom is -0.491 e. The van der Waals surface area contributed by atoms with Crippen LogP contribution in [0.1, 0.15) is 42.4 Å². The summed E-state index contributed by atoms with van der Waals surface area (Å²) in [7, 11) is 0. The molecule has 0 aromatic heterocycles. The van der Waals surface area contributed by atoms with Gasteiger partial charge >= 0.3 is 0 Å². The summed E-state index contributed by atoms with van der Waals surface area (Å²) in [6, 6.07) is 14.9. The number of benzene rings is 2. The van der Waals surface area contributed by atoms with Gasteiger partial charge in [-0.2, -0.15) is 0 Å². The molecule has 0 saturated carbocycles. The van der Waals surface area contributed by atoms with Crippen molar-refractivity contribution in [3.63, 3.8) is 0 Å². The maximum Gasteiger partial charge on any atom is 0.122 e. The van der Waals surface area contributed by atoms with E-state index in [1.54, 1.807) is 0 Å². The summed E-state index contributed by atoms with van der Waals surface area (Å²) in [6.45, 7) is 7.28. The number of epoxide rings is 2. The van der Waals surface area contributed by atoms with E-state index in [1.165, 1.54) is 11.1 Å². The molecule has 29 heavy (non-hydrogen) atoms. The lowest BCUT2D eigenvalue weighted by molar-refractivity contribution is 0.262. The van der Waals surface area contributed by atoms with Gasteiger partial charge in [0.25, 0.3) is 0 Å². The van der Waals surface area contributed by atoms with Crippen molar-refractivity contribution in [3.8, 4) is 11.5 Å². The number of allylic oxidation sites excluding steroid dienone is 1. The summed E-state index contributed by atoms with van der Waals surface area (Å²) >= 11 is 0. The van der Waals surface area contributed by atoms with E-state index in [0.29, 0.717) is 25.2 Å². The highest BCUT2D eigenvalue weighted by molar-refractivity contribution is 5.53. The normalized spacial score (nSPS) is 21.2. The van der Waals surface area contributed by atoms with Crippen LogP contribution in [0.25, 0.3) is 6.08 Å². The molecule has 154 valence electrons. The molecule has 2 aliphatic rings. The van der Waals surface area contributed by atoms with Crippen LogP contribution >= 0.6 is 0 Å². The topological polar surface area (TPSA) is 43.5 Å². The van der Waals surface area contributed by atoms with Crippen molar-refractivity contribution in [3.05, 3.63) is 65.2 Å². The van der Waals surface area contributed by atoms with Gasteiger partial charge in [-0.15, -0.1) is 0 Å². The first-order valence-electron chi connectivity index (χ1n) is 10.6. The van der Waals surface area contributed by atoms with Crippen molar-refractivity contribution in [2.45, 2.75) is 44.8 Å². The summed E-state index contributed by atoms with van der Waals surface area (Å²) < 4.78 is 21.9. The van der Waals surface area contributed by atoms with E-state index in [0.717, 1.165) is 43.1 Å². The third-order valence-corrected chi connectivity index (χ3v) is 5.44. The Morgan fingerprint density at radius 2 is 1.69 bits per heavy atom. The molecular weight excluding hydrogens is 364 g/mol. The minimum atomic E-state index is 0.285. The Balaban J connectivity index is 1.29. The molecule has 2 fully saturated rings. The first-order chi connectivity index (χ1) is 14.2. The minimum absolute atomic E-state index is 0.285. The second-order valence-electron chi connectivity index (χ2n) is 7.87. The summed E-state index contributed by atoms with van der Waals surface area (Å²) in [5.74, 6) is 2.37. The summed E-state index contributed by atoms with van der Waals surface area (Å²) in [5, 5.41) is 0. The highest BCUT2D eigenvalue weighted by Crippen LogP contribution is 2.27. The summed E-state index contributed by atoms with van der Waals surface area (Å²) in [4.78, 5) is 0. The van der Waals surface area contributed by atoms with Crippen LogP contribution in [0, 0.1) is 6.92 Å². The highest BCUT2D eigenvalue weighted by Gasteiger charge is 2.23. The number of hydrogen-bond acceptors (Lipinski definition) is 4. The Kier molecular flexibility index (Phi) is 6.53. The fourth-order valence-corrected chi connectivity index (χ4v) is 3.38. The predicted octanol–water partition coefficient (Wildman–Crippen LogP) is 5.15. The van der Waals surface area contributed by atoms with Gasteiger partial charge in [0.15, 0.2) is 0 Å². The van der Waals surface area contributed by atoms with E-state index >= 15 is 0 Å². The second-order valence-corrected chi connectivity index (χ2v) is 7.87. The molecule has 4 rings (SSSR count). The molecule has 2 aromatic carbocycles. The van der Waals surface area contributed by atoms with Crippen LogP contribution in [0.15, 0.2) is 48.5 Å². The zero-order valence-corrected chi connectivity index (χ0v) is 17.3. The van der Waals surface area contributed by atoms with Crippen molar-refractivity contribution >= 4 is 6.08 Å². The SMILES string of the molecule is CCC(CC=Cc1ccc(OCC2CO2)c(C)c1)c1ccc(OCC2CO2)cc1. The van der Waals surface area contributed by atoms with Crippen molar-refractivity contribution in [2.24, 2.45) is 0 Å². The van der Waals surface area contributed by atoms with Crippen molar-refractivity contribution in [1.82, 2.24) is 0 Å². The smallest absolute Gasteiger partial charge is 0.122 e. The van der Waals surface area contributed by atoms with Gasteiger partial charge < -0.3 is 18.9 Å². The van der Waals surface area contributed by atoms with Crippen LogP contribution in [-0.4, -0.2) is 38.6 Å². The molecule has 2 saturated heterocycles. The van der Waals surface area contributed by atoms with E-state index in [2.05, 4.69) is 68.5 Å². The van der Waals surface area contributed by atoms with Crippen LogP contribution in [-0.2, 0) is 9.47 Å². The molecule has 4 nitrogen and oxygen atoms in total. The molecule has 0 N–H and O–H groups in total. The zero-order valence-electron chi connectivity index (χ0n) is 17.3. The molecule has 3 unspecified atom stereocenters. The highest BCUT2D eigenvalue weighted by atomic mass is 16.6. The molecule has 0 aliphatic carbocycles. The predicted molar refractivity (Wildman–Crippen MR) is 115 cm³/mol. The monoisotopic (exact) mass is 394 g/mol. The standard InChI is InChI=1S/C25H30O4/c1-3-20(21-8-10-22(11-9-21)26-14-23-15-27-23)6-4-5-19-7-12-25(18(2)13-19)29-17-24-16-28-24/h4-5,7-13,20,23-24H,3,6,14-17H2,1-2H3. The lowest BCUT2D eigenvalue weighted by atomic mass is 9.93. The second kappa shape index (κ2) is 9.47. The van der Waals surface area contributed by atoms with Gasteiger partial charge in [0, 0.05) is 0 Å². The lowest BCUT2D eigenvalue weighted by Crippen LogP contribution is -2.05. The van der Waals surface area contributed by atoms with Gasteiger partial charge in [0.2, 0.25) is 0 Å². The van der Waals surface area contributed by atoms with Gasteiger partial charge in [-0.05, 0) is 66.6 Å². The van der Waals surface area contributed by atoms with Gasteiger partial charge in [-0.25, -0.2) is 0 Å². The molecule has 2 heterocycles. The van der Waals surface area contributed by atoms with Gasteiger partial charge in [0.05, 0.1) is 13.2 Å². The van der Waals surface area contributed by atoms with Crippen LogP contribution in [0.5, 0.6) is 11.5 Å². The summed E-state index contributed by atoms with van der Waals surface area (Å²) in [6.07, 6.45) is 7.18. The number of hydrogen-bond donors (Lipinski definition) is 0. The lowest BCUT2D eigenvalue weighted by Gasteiger charge is -2.14. The third kappa shape index (κ3) is 6.09. The van der Waals surface area contributed by atoms with E-state index in [9.17, 15) is 0 Å². The fraction of sp³-hybridized carbons (Fsp3) is 0.440. The quantitative estimate of drug-likeness (QED) is 0.495. The number of rotatable bonds is 11. The average molecular weight is 395 g/mol. The Labute approximate surface area is 173 Å². The summed E-state index contributed by atoms with van der Waals surface area (Å²) in [5.41, 5.74) is 3.72. The molecule has 3 atom stereocenters. The van der Waals surface area contributed by atoms with E-state index in [-0.39, 0.29) is 6.10 Å². The third-order valence-electron chi connectivity index (χ3n) is 5.44. The molecular formula is C25H30O4. The number of ether oxygens (including phenoxy) is 4. The molecule has 0 amide bonds. The van der Waals surface area contributed by atoms with E-state index < -0.39 is 0 Å². The largest absolute Gasteiger partial charge is 0.491 e. The van der Waals surface area contributed by atoms with E-state index in [1.807, 2.05) is 0 Å². The van der Waals surface area contributed by atoms with Crippen LogP contribution in [0.4, 0.5) is 0 Å². The molecule has 0 spiro atoms. The molecule has 2 aromatic rings. The number of aryl methyl sites for hydroxylation is 1. The fourth-order valence-electron chi connectivity index (χ4n) is 3.38. The Morgan fingerprint density at radius 3 is 2.31 bits per heavy atom. The Bertz CT molecular complexity index is 819. The molecule has 0 radical (unpaired) electrons. The molecule has 4 heteroatoms. The van der Waals surface area contributed by atoms with Gasteiger partial charge in [-0.1, -0.05) is 37.3 Å². The van der Waals surface area contributed by atoms with Crippen LogP contribution in [0.3, 0.4) is 0 Å². The van der Waals surface area contributed by atoms with Crippen molar-refractivity contribution in [2.75, 3.05) is 26.4 Å². The van der Waals surface area contributed by atoms with Gasteiger partial charge in [-0.3, -0.25) is 0 Å². The Hall–Kier alpha value is -2.30.